The number of nitrogens with one attached hydrogen (secondary N) is 2. The molecule has 2 amide bonds. The first-order chi connectivity index (χ1) is 14.7. The van der Waals surface area contributed by atoms with E-state index in [4.69, 9.17) is 0 Å². The number of carbonyl (C=O) groups is 2. The second-order valence-electron chi connectivity index (χ2n) is 8.43. The number of hydrogen-bond acceptors (Lipinski definition) is 4. The molecule has 0 radical (unpaired) electrons. The van der Waals surface area contributed by atoms with Gasteiger partial charge in [-0.15, -0.1) is 0 Å². The van der Waals surface area contributed by atoms with Crippen LogP contribution in [0.2, 0.25) is 0 Å². The van der Waals surface area contributed by atoms with Crippen molar-refractivity contribution in [1.29, 1.82) is 0 Å². The normalized spacial score (nSPS) is 21.2. The number of nitrogens with zero attached hydrogens (tertiary/aromatic N) is 2. The first-order valence-electron chi connectivity index (χ1n) is 10.9. The van der Waals surface area contributed by atoms with Gasteiger partial charge in [-0.1, -0.05) is 49.2 Å². The third-order valence-electron chi connectivity index (χ3n) is 6.48. The average molecular weight is 407 g/mol. The van der Waals surface area contributed by atoms with E-state index >= 15 is 0 Å². The minimum atomic E-state index is -0.461. The van der Waals surface area contributed by atoms with E-state index < -0.39 is 6.04 Å². The summed E-state index contributed by atoms with van der Waals surface area (Å²) in [7, 11) is 0. The quantitative estimate of drug-likeness (QED) is 0.741. The van der Waals surface area contributed by atoms with Crippen LogP contribution in [-0.4, -0.2) is 47.4 Å². The lowest BCUT2D eigenvalue weighted by Gasteiger charge is -2.35. The summed E-state index contributed by atoms with van der Waals surface area (Å²) in [6.07, 6.45) is 6.48. The summed E-state index contributed by atoms with van der Waals surface area (Å²) >= 11 is 0. The molecule has 6 nitrogen and oxygen atoms in total. The molecule has 2 fully saturated rings. The highest BCUT2D eigenvalue weighted by atomic mass is 16.2. The first kappa shape index (κ1) is 20.5. The van der Waals surface area contributed by atoms with Crippen LogP contribution in [0.5, 0.6) is 0 Å². The molecule has 2 aromatic rings. The monoisotopic (exact) mass is 406 g/mol. The molecule has 1 saturated heterocycles. The van der Waals surface area contributed by atoms with E-state index in [1.54, 1.807) is 6.20 Å². The van der Waals surface area contributed by atoms with Gasteiger partial charge in [0.1, 0.15) is 0 Å². The molecule has 4 rings (SSSR count). The standard InChI is InChI=1S/C24H30N4O2/c29-22(27-18-24(11-5-6-12-24)19-8-2-1-3-9-19)16-21-23(30)26-14-15-28(21)17-20-10-4-7-13-25-20/h1-4,7-10,13,21H,5-6,11-12,14-18H2,(H,26,30)(H,27,29). The maximum absolute atomic E-state index is 12.9. The van der Waals surface area contributed by atoms with Crippen molar-refractivity contribution in [2.75, 3.05) is 19.6 Å². The zero-order chi connectivity index (χ0) is 20.8. The highest BCUT2D eigenvalue weighted by Gasteiger charge is 2.37. The number of piperazine rings is 1. The fourth-order valence-electron chi connectivity index (χ4n) is 4.80. The minimum absolute atomic E-state index is 0.0133. The van der Waals surface area contributed by atoms with E-state index in [9.17, 15) is 9.59 Å². The van der Waals surface area contributed by atoms with Gasteiger partial charge in [0.15, 0.2) is 0 Å². The van der Waals surface area contributed by atoms with Gasteiger partial charge in [-0.2, -0.15) is 0 Å². The van der Waals surface area contributed by atoms with Crippen LogP contribution < -0.4 is 10.6 Å². The average Bonchev–Trinajstić information content (AvgIpc) is 3.26. The Hall–Kier alpha value is -2.73. The van der Waals surface area contributed by atoms with E-state index in [1.165, 1.54) is 18.4 Å². The largest absolute Gasteiger partial charge is 0.355 e. The molecule has 2 heterocycles. The van der Waals surface area contributed by atoms with Crippen LogP contribution in [-0.2, 0) is 21.5 Å². The zero-order valence-electron chi connectivity index (χ0n) is 17.3. The number of pyridine rings is 1. The van der Waals surface area contributed by atoms with Crippen molar-refractivity contribution in [3.05, 3.63) is 66.0 Å². The third kappa shape index (κ3) is 4.70. The van der Waals surface area contributed by atoms with Gasteiger partial charge >= 0.3 is 0 Å². The summed E-state index contributed by atoms with van der Waals surface area (Å²) in [5, 5.41) is 6.06. The summed E-state index contributed by atoms with van der Waals surface area (Å²) in [5.41, 5.74) is 2.22. The van der Waals surface area contributed by atoms with E-state index in [0.717, 1.165) is 18.5 Å². The van der Waals surface area contributed by atoms with Gasteiger partial charge in [0, 0.05) is 37.8 Å². The van der Waals surface area contributed by atoms with Crippen molar-refractivity contribution in [1.82, 2.24) is 20.5 Å². The van der Waals surface area contributed by atoms with Gasteiger partial charge in [0.2, 0.25) is 11.8 Å². The summed E-state index contributed by atoms with van der Waals surface area (Å²) in [6.45, 7) is 2.51. The molecular weight excluding hydrogens is 376 g/mol. The molecule has 0 bridgehead atoms. The Morgan fingerprint density at radius 1 is 1.13 bits per heavy atom. The number of benzene rings is 1. The van der Waals surface area contributed by atoms with Gasteiger partial charge in [-0.25, -0.2) is 0 Å². The number of rotatable bonds is 7. The lowest BCUT2D eigenvalue weighted by molar-refractivity contribution is -0.134. The maximum atomic E-state index is 12.9. The summed E-state index contributed by atoms with van der Waals surface area (Å²) in [5.74, 6) is -0.142. The molecular formula is C24H30N4O2. The molecule has 1 aromatic heterocycles. The third-order valence-corrected chi connectivity index (χ3v) is 6.48. The predicted molar refractivity (Wildman–Crippen MR) is 116 cm³/mol. The van der Waals surface area contributed by atoms with Crippen LogP contribution in [0.3, 0.4) is 0 Å². The predicted octanol–water partition coefficient (Wildman–Crippen LogP) is 2.40. The van der Waals surface area contributed by atoms with Gasteiger partial charge in [0.25, 0.3) is 0 Å². The van der Waals surface area contributed by atoms with Crippen molar-refractivity contribution >= 4 is 11.8 Å². The molecule has 30 heavy (non-hydrogen) atoms. The smallest absolute Gasteiger partial charge is 0.237 e. The Morgan fingerprint density at radius 2 is 1.90 bits per heavy atom. The molecule has 2 N–H and O–H groups in total. The maximum Gasteiger partial charge on any atom is 0.237 e. The summed E-state index contributed by atoms with van der Waals surface area (Å²) in [6, 6.07) is 15.8. The number of amides is 2. The highest BCUT2D eigenvalue weighted by molar-refractivity contribution is 5.88. The lowest BCUT2D eigenvalue weighted by Crippen LogP contribution is -2.56. The van der Waals surface area contributed by atoms with Crippen molar-refractivity contribution < 1.29 is 9.59 Å². The summed E-state index contributed by atoms with van der Waals surface area (Å²) in [4.78, 5) is 31.8. The second-order valence-corrected chi connectivity index (χ2v) is 8.43. The van der Waals surface area contributed by atoms with Crippen molar-refractivity contribution in [3.63, 3.8) is 0 Å². The number of carbonyl (C=O) groups excluding carboxylic acids is 2. The van der Waals surface area contributed by atoms with Gasteiger partial charge in [-0.3, -0.25) is 19.5 Å². The second kappa shape index (κ2) is 9.39. The molecule has 158 valence electrons. The van der Waals surface area contributed by atoms with E-state index in [2.05, 4.69) is 44.8 Å². The lowest BCUT2D eigenvalue weighted by atomic mass is 9.79. The molecule has 1 aliphatic carbocycles. The van der Waals surface area contributed by atoms with Crippen LogP contribution in [0.4, 0.5) is 0 Å². The molecule has 1 aromatic carbocycles. The van der Waals surface area contributed by atoms with E-state index in [0.29, 0.717) is 26.2 Å². The molecule has 1 saturated carbocycles. The fraction of sp³-hybridized carbons (Fsp3) is 0.458. The fourth-order valence-corrected chi connectivity index (χ4v) is 4.80. The van der Waals surface area contributed by atoms with Crippen molar-refractivity contribution in [3.8, 4) is 0 Å². The first-order valence-corrected chi connectivity index (χ1v) is 10.9. The molecule has 6 heteroatoms. The Bertz CT molecular complexity index is 850. The zero-order valence-corrected chi connectivity index (χ0v) is 17.3. The molecule has 1 atom stereocenters. The SMILES string of the molecule is O=C(CC1C(=O)NCCN1Cc1ccccn1)NCC1(c2ccccc2)CCCC1. The molecule has 1 unspecified atom stereocenters. The summed E-state index contributed by atoms with van der Waals surface area (Å²) < 4.78 is 0. The Morgan fingerprint density at radius 3 is 2.63 bits per heavy atom. The topological polar surface area (TPSA) is 74.3 Å². The van der Waals surface area contributed by atoms with E-state index in [-0.39, 0.29) is 23.7 Å². The molecule has 0 spiro atoms. The van der Waals surface area contributed by atoms with Crippen molar-refractivity contribution in [2.24, 2.45) is 0 Å². The number of aromatic nitrogens is 1. The Labute approximate surface area is 178 Å². The van der Waals surface area contributed by atoms with Gasteiger partial charge in [-0.05, 0) is 30.5 Å². The van der Waals surface area contributed by atoms with Gasteiger partial charge in [0.05, 0.1) is 18.2 Å². The Balaban J connectivity index is 1.39. The minimum Gasteiger partial charge on any atom is -0.355 e. The van der Waals surface area contributed by atoms with Crippen LogP contribution in [0.25, 0.3) is 0 Å². The Kier molecular flexibility index (Phi) is 6.43. The van der Waals surface area contributed by atoms with Crippen LogP contribution in [0.15, 0.2) is 54.7 Å². The van der Waals surface area contributed by atoms with Crippen LogP contribution in [0, 0.1) is 0 Å². The molecule has 1 aliphatic heterocycles. The molecule has 2 aliphatic rings. The van der Waals surface area contributed by atoms with Crippen LogP contribution >= 0.6 is 0 Å². The van der Waals surface area contributed by atoms with Crippen LogP contribution in [0.1, 0.15) is 43.4 Å². The highest BCUT2D eigenvalue weighted by Crippen LogP contribution is 2.40. The van der Waals surface area contributed by atoms with E-state index in [1.807, 2.05) is 24.3 Å². The number of hydrogen-bond donors (Lipinski definition) is 2. The van der Waals surface area contributed by atoms with Gasteiger partial charge < -0.3 is 10.6 Å². The van der Waals surface area contributed by atoms with Crippen molar-refractivity contribution in [2.45, 2.75) is 50.1 Å².